The molecule has 4 rings (SSSR count). The first-order valence-corrected chi connectivity index (χ1v) is 9.62. The largest absolute Gasteiger partial charge is 0.341 e. The van der Waals surface area contributed by atoms with Crippen LogP contribution in [0.25, 0.3) is 17.1 Å². The molecule has 0 radical (unpaired) electrons. The van der Waals surface area contributed by atoms with E-state index in [1.165, 1.54) is 7.05 Å². The highest BCUT2D eigenvalue weighted by Gasteiger charge is 2.19. The van der Waals surface area contributed by atoms with Crippen molar-refractivity contribution in [3.05, 3.63) is 90.8 Å². The second-order valence-corrected chi connectivity index (χ2v) is 6.61. The Kier molecular flexibility index (Phi) is 5.70. The van der Waals surface area contributed by atoms with E-state index in [1.807, 2.05) is 60.7 Å². The van der Waals surface area contributed by atoms with Crippen LogP contribution < -0.4 is 16.0 Å². The monoisotopic (exact) mass is 412 g/mol. The van der Waals surface area contributed by atoms with Crippen LogP contribution >= 0.6 is 0 Å². The van der Waals surface area contributed by atoms with Crippen LogP contribution in [0.4, 0.5) is 16.2 Å². The van der Waals surface area contributed by atoms with Gasteiger partial charge >= 0.3 is 6.03 Å². The van der Waals surface area contributed by atoms with Gasteiger partial charge in [0.25, 0.3) is 5.91 Å². The van der Waals surface area contributed by atoms with Crippen molar-refractivity contribution in [2.24, 2.45) is 0 Å². The van der Waals surface area contributed by atoms with E-state index < -0.39 is 5.91 Å². The summed E-state index contributed by atoms with van der Waals surface area (Å²) in [5.74, 6) is 0.142. The molecule has 0 bridgehead atoms. The van der Waals surface area contributed by atoms with Gasteiger partial charge in [0.2, 0.25) is 5.82 Å². The van der Waals surface area contributed by atoms with Gasteiger partial charge in [0.05, 0.1) is 5.69 Å². The Morgan fingerprint density at radius 1 is 0.806 bits per heavy atom. The van der Waals surface area contributed by atoms with Gasteiger partial charge in [0, 0.05) is 24.0 Å². The van der Waals surface area contributed by atoms with Gasteiger partial charge in [-0.3, -0.25) is 4.79 Å². The Bertz CT molecular complexity index is 1150. The molecule has 3 amide bonds. The fourth-order valence-corrected chi connectivity index (χ4v) is 2.99. The topological polar surface area (TPSA) is 101 Å². The molecule has 0 atom stereocenters. The lowest BCUT2D eigenvalue weighted by molar-refractivity contribution is 0.101. The quantitative estimate of drug-likeness (QED) is 0.462. The molecule has 8 nitrogen and oxygen atoms in total. The zero-order valence-electron chi connectivity index (χ0n) is 16.7. The highest BCUT2D eigenvalue weighted by molar-refractivity contribution is 6.02. The number of hydrogen-bond acceptors (Lipinski definition) is 4. The average Bonchev–Trinajstić information content (AvgIpc) is 3.26. The van der Waals surface area contributed by atoms with E-state index in [-0.39, 0.29) is 11.9 Å². The summed E-state index contributed by atoms with van der Waals surface area (Å²) in [5, 5.41) is 12.4. The highest BCUT2D eigenvalue weighted by atomic mass is 16.2. The number of para-hydroxylation sites is 1. The zero-order chi connectivity index (χ0) is 21.6. The van der Waals surface area contributed by atoms with Crippen molar-refractivity contribution in [2.45, 2.75) is 0 Å². The number of benzene rings is 3. The summed E-state index contributed by atoms with van der Waals surface area (Å²) in [6, 6.07) is 25.5. The standard InChI is InChI=1S/C23H20N6O2/c1-24-23(31)26-18-12-8-11-17(15-18)25-22(30)20-27-21(16-9-4-2-5-10-16)29(28-20)19-13-6-3-7-14-19/h2-15H,1H3,(H,25,30)(H2,24,26,31). The van der Waals surface area contributed by atoms with E-state index >= 15 is 0 Å². The molecule has 8 heteroatoms. The maximum absolute atomic E-state index is 12.9. The Hall–Kier alpha value is -4.46. The maximum atomic E-state index is 12.9. The van der Waals surface area contributed by atoms with Crippen LogP contribution in [-0.2, 0) is 0 Å². The number of carbonyl (C=O) groups excluding carboxylic acids is 2. The first kappa shape index (κ1) is 19.8. The zero-order valence-corrected chi connectivity index (χ0v) is 16.7. The van der Waals surface area contributed by atoms with Gasteiger partial charge in [-0.05, 0) is 30.3 Å². The number of nitrogens with one attached hydrogen (secondary N) is 3. The van der Waals surface area contributed by atoms with E-state index in [0.29, 0.717) is 17.2 Å². The van der Waals surface area contributed by atoms with Crippen molar-refractivity contribution in [3.8, 4) is 17.1 Å². The van der Waals surface area contributed by atoms with Crippen molar-refractivity contribution < 1.29 is 9.59 Å². The predicted molar refractivity (Wildman–Crippen MR) is 119 cm³/mol. The van der Waals surface area contributed by atoms with Gasteiger partial charge < -0.3 is 16.0 Å². The Balaban J connectivity index is 1.64. The molecule has 0 fully saturated rings. The normalized spacial score (nSPS) is 10.4. The Morgan fingerprint density at radius 3 is 2.13 bits per heavy atom. The molecule has 0 aliphatic rings. The molecule has 31 heavy (non-hydrogen) atoms. The van der Waals surface area contributed by atoms with E-state index in [0.717, 1.165) is 11.3 Å². The third kappa shape index (κ3) is 4.59. The molecule has 0 saturated carbocycles. The molecule has 1 heterocycles. The minimum atomic E-state index is -0.455. The number of anilines is 2. The molecule has 0 aliphatic carbocycles. The molecule has 3 N–H and O–H groups in total. The van der Waals surface area contributed by atoms with Gasteiger partial charge in [0.15, 0.2) is 5.82 Å². The first-order valence-electron chi connectivity index (χ1n) is 9.62. The molecule has 1 aromatic heterocycles. The summed E-state index contributed by atoms with van der Waals surface area (Å²) in [6.07, 6.45) is 0. The number of amides is 3. The molecule has 0 unspecified atom stereocenters. The lowest BCUT2D eigenvalue weighted by Crippen LogP contribution is -2.24. The molecular weight excluding hydrogens is 392 g/mol. The molecule has 4 aromatic rings. The number of rotatable bonds is 5. The molecule has 0 spiro atoms. The van der Waals surface area contributed by atoms with E-state index in [9.17, 15) is 9.59 Å². The van der Waals surface area contributed by atoms with Crippen molar-refractivity contribution in [1.82, 2.24) is 20.1 Å². The molecule has 154 valence electrons. The summed E-state index contributed by atoms with van der Waals surface area (Å²) in [4.78, 5) is 28.9. The number of carbonyl (C=O) groups is 2. The average molecular weight is 412 g/mol. The predicted octanol–water partition coefficient (Wildman–Crippen LogP) is 3.94. The third-order valence-electron chi connectivity index (χ3n) is 4.45. The van der Waals surface area contributed by atoms with Gasteiger partial charge in [-0.25, -0.2) is 14.5 Å². The van der Waals surface area contributed by atoms with Gasteiger partial charge in [-0.1, -0.05) is 54.6 Å². The van der Waals surface area contributed by atoms with Crippen LogP contribution in [0.2, 0.25) is 0 Å². The minimum absolute atomic E-state index is 0.0346. The van der Waals surface area contributed by atoms with Crippen LogP contribution in [0.5, 0.6) is 0 Å². The molecule has 3 aromatic carbocycles. The summed E-state index contributed by atoms with van der Waals surface area (Å²) in [6.45, 7) is 0. The number of nitrogens with zero attached hydrogens (tertiary/aromatic N) is 3. The van der Waals surface area contributed by atoms with Crippen molar-refractivity contribution >= 4 is 23.3 Å². The van der Waals surface area contributed by atoms with Gasteiger partial charge in [-0.2, -0.15) is 0 Å². The summed E-state index contributed by atoms with van der Waals surface area (Å²) >= 11 is 0. The SMILES string of the molecule is CNC(=O)Nc1cccc(NC(=O)c2nc(-c3ccccc3)n(-c3ccccc3)n2)c1. The highest BCUT2D eigenvalue weighted by Crippen LogP contribution is 2.22. The van der Waals surface area contributed by atoms with E-state index in [2.05, 4.69) is 26.0 Å². The Labute approximate surface area is 178 Å². The van der Waals surface area contributed by atoms with Gasteiger partial charge in [-0.15, -0.1) is 5.10 Å². The molecular formula is C23H20N6O2. The minimum Gasteiger partial charge on any atom is -0.341 e. The second-order valence-electron chi connectivity index (χ2n) is 6.61. The Morgan fingerprint density at radius 2 is 1.45 bits per heavy atom. The third-order valence-corrected chi connectivity index (χ3v) is 4.45. The smallest absolute Gasteiger partial charge is 0.318 e. The summed E-state index contributed by atoms with van der Waals surface area (Å²) in [5.41, 5.74) is 2.69. The van der Waals surface area contributed by atoms with Crippen LogP contribution in [-0.4, -0.2) is 33.8 Å². The number of urea groups is 1. The molecule has 0 saturated heterocycles. The lowest BCUT2D eigenvalue weighted by Gasteiger charge is -2.07. The van der Waals surface area contributed by atoms with Gasteiger partial charge in [0.1, 0.15) is 0 Å². The van der Waals surface area contributed by atoms with Crippen LogP contribution in [0.3, 0.4) is 0 Å². The summed E-state index contributed by atoms with van der Waals surface area (Å²) in [7, 11) is 1.53. The summed E-state index contributed by atoms with van der Waals surface area (Å²) < 4.78 is 1.65. The second kappa shape index (κ2) is 8.91. The van der Waals surface area contributed by atoms with Crippen molar-refractivity contribution in [2.75, 3.05) is 17.7 Å². The maximum Gasteiger partial charge on any atom is 0.318 e. The van der Waals surface area contributed by atoms with E-state index in [1.54, 1.807) is 28.9 Å². The van der Waals surface area contributed by atoms with Crippen LogP contribution in [0.15, 0.2) is 84.9 Å². The van der Waals surface area contributed by atoms with Crippen molar-refractivity contribution in [3.63, 3.8) is 0 Å². The molecule has 0 aliphatic heterocycles. The number of aromatic nitrogens is 3. The van der Waals surface area contributed by atoms with Crippen molar-refractivity contribution in [1.29, 1.82) is 0 Å². The first-order chi connectivity index (χ1) is 15.1. The van der Waals surface area contributed by atoms with E-state index in [4.69, 9.17) is 0 Å². The fourth-order valence-electron chi connectivity index (χ4n) is 2.99. The van der Waals surface area contributed by atoms with Crippen LogP contribution in [0.1, 0.15) is 10.6 Å². The lowest BCUT2D eigenvalue weighted by atomic mass is 10.2. The number of hydrogen-bond donors (Lipinski definition) is 3. The fraction of sp³-hybridized carbons (Fsp3) is 0.0435. The van der Waals surface area contributed by atoms with Crippen LogP contribution in [0, 0.1) is 0 Å².